The predicted molar refractivity (Wildman–Crippen MR) is 73.1 cm³/mol. The molecule has 0 aliphatic carbocycles. The van der Waals surface area contributed by atoms with Crippen molar-refractivity contribution in [2.75, 3.05) is 11.9 Å². The second-order valence-electron chi connectivity index (χ2n) is 4.18. The molecule has 98 valence electrons. The SMILES string of the molecule is CC(C)(C)OC(=O)CNc1cccnc1.Cl.Cl. The minimum absolute atomic E-state index is 0. The van der Waals surface area contributed by atoms with Crippen LogP contribution in [0.1, 0.15) is 20.8 Å². The number of carbonyl (C=O) groups excluding carboxylic acids is 1. The first-order chi connectivity index (χ1) is 6.97. The number of nitrogens with one attached hydrogen (secondary N) is 1. The van der Waals surface area contributed by atoms with Gasteiger partial charge in [0.1, 0.15) is 12.1 Å². The summed E-state index contributed by atoms with van der Waals surface area (Å²) in [5.41, 5.74) is 0.372. The summed E-state index contributed by atoms with van der Waals surface area (Å²) in [6.45, 7) is 5.68. The maximum absolute atomic E-state index is 11.3. The number of anilines is 1. The summed E-state index contributed by atoms with van der Waals surface area (Å²) in [7, 11) is 0. The highest BCUT2D eigenvalue weighted by Crippen LogP contribution is 2.07. The Kier molecular flexibility index (Phi) is 8.80. The van der Waals surface area contributed by atoms with Gasteiger partial charge >= 0.3 is 5.97 Å². The van der Waals surface area contributed by atoms with Crippen molar-refractivity contribution in [2.24, 2.45) is 0 Å². The molecule has 6 heteroatoms. The third-order valence-corrected chi connectivity index (χ3v) is 1.52. The van der Waals surface area contributed by atoms with Crippen LogP contribution in [-0.4, -0.2) is 23.1 Å². The quantitative estimate of drug-likeness (QED) is 0.865. The molecule has 0 unspecified atom stereocenters. The molecule has 1 aromatic heterocycles. The Morgan fingerprint density at radius 1 is 1.41 bits per heavy atom. The lowest BCUT2D eigenvalue weighted by molar-refractivity contribution is -0.152. The van der Waals surface area contributed by atoms with Crippen molar-refractivity contribution < 1.29 is 9.53 Å². The third-order valence-electron chi connectivity index (χ3n) is 1.52. The van der Waals surface area contributed by atoms with E-state index in [0.717, 1.165) is 5.69 Å². The van der Waals surface area contributed by atoms with Gasteiger partial charge < -0.3 is 10.1 Å². The van der Waals surface area contributed by atoms with Crippen molar-refractivity contribution in [3.63, 3.8) is 0 Å². The Labute approximate surface area is 114 Å². The highest BCUT2D eigenvalue weighted by molar-refractivity contribution is 5.85. The normalized spacial score (nSPS) is 9.59. The van der Waals surface area contributed by atoms with E-state index in [4.69, 9.17) is 4.74 Å². The molecule has 1 rings (SSSR count). The topological polar surface area (TPSA) is 51.2 Å². The van der Waals surface area contributed by atoms with Gasteiger partial charge in [-0.05, 0) is 32.9 Å². The first-order valence-corrected chi connectivity index (χ1v) is 4.83. The lowest BCUT2D eigenvalue weighted by atomic mass is 10.2. The van der Waals surface area contributed by atoms with E-state index in [2.05, 4.69) is 10.3 Å². The summed E-state index contributed by atoms with van der Waals surface area (Å²) in [4.78, 5) is 15.2. The van der Waals surface area contributed by atoms with Crippen LogP contribution in [0.4, 0.5) is 5.69 Å². The number of hydrogen-bond donors (Lipinski definition) is 1. The van der Waals surface area contributed by atoms with E-state index in [1.165, 1.54) is 0 Å². The van der Waals surface area contributed by atoms with Gasteiger partial charge in [0.05, 0.1) is 5.69 Å². The molecule has 1 N–H and O–H groups in total. The van der Waals surface area contributed by atoms with Crippen LogP contribution in [0, 0.1) is 0 Å². The number of pyridine rings is 1. The highest BCUT2D eigenvalue weighted by Gasteiger charge is 2.15. The smallest absolute Gasteiger partial charge is 0.325 e. The Morgan fingerprint density at radius 2 is 2.06 bits per heavy atom. The number of hydrogen-bond acceptors (Lipinski definition) is 4. The van der Waals surface area contributed by atoms with Crippen LogP contribution in [0.5, 0.6) is 0 Å². The fourth-order valence-corrected chi connectivity index (χ4v) is 1.02. The van der Waals surface area contributed by atoms with Crippen LogP contribution < -0.4 is 5.32 Å². The van der Waals surface area contributed by atoms with Crippen molar-refractivity contribution >= 4 is 36.5 Å². The third kappa shape index (κ3) is 8.77. The Hall–Kier alpha value is -1.00. The second-order valence-corrected chi connectivity index (χ2v) is 4.18. The van der Waals surface area contributed by atoms with E-state index >= 15 is 0 Å². The van der Waals surface area contributed by atoms with Crippen molar-refractivity contribution in [3.8, 4) is 0 Å². The molecule has 0 aliphatic rings. The molecule has 0 spiro atoms. The van der Waals surface area contributed by atoms with Gasteiger partial charge in [0, 0.05) is 12.4 Å². The summed E-state index contributed by atoms with van der Waals surface area (Å²) in [6, 6.07) is 3.65. The van der Waals surface area contributed by atoms with Gasteiger partial charge in [0.2, 0.25) is 0 Å². The molecule has 0 radical (unpaired) electrons. The van der Waals surface area contributed by atoms with Crippen molar-refractivity contribution in [1.29, 1.82) is 0 Å². The number of halogens is 2. The average Bonchev–Trinajstić information content (AvgIpc) is 2.14. The molecule has 4 nitrogen and oxygen atoms in total. The Morgan fingerprint density at radius 3 is 2.53 bits per heavy atom. The molecule has 0 amide bonds. The highest BCUT2D eigenvalue weighted by atomic mass is 35.5. The van der Waals surface area contributed by atoms with E-state index in [1.807, 2.05) is 26.8 Å². The average molecular weight is 281 g/mol. The number of rotatable bonds is 3. The molecule has 17 heavy (non-hydrogen) atoms. The molecule has 1 aromatic rings. The second kappa shape index (κ2) is 8.14. The summed E-state index contributed by atoms with van der Waals surface area (Å²) in [5.74, 6) is -0.272. The van der Waals surface area contributed by atoms with Crippen LogP contribution in [-0.2, 0) is 9.53 Å². The Balaban J connectivity index is 0. The summed E-state index contributed by atoms with van der Waals surface area (Å²) in [6.07, 6.45) is 3.34. The fourth-order valence-electron chi connectivity index (χ4n) is 1.02. The largest absolute Gasteiger partial charge is 0.459 e. The molecule has 0 aromatic carbocycles. The Bertz CT molecular complexity index is 326. The first-order valence-electron chi connectivity index (χ1n) is 4.83. The predicted octanol–water partition coefficient (Wildman–Crippen LogP) is 2.68. The minimum atomic E-state index is -0.437. The molecule has 0 atom stereocenters. The van der Waals surface area contributed by atoms with Crippen LogP contribution in [0.3, 0.4) is 0 Å². The van der Waals surface area contributed by atoms with Gasteiger partial charge in [0.15, 0.2) is 0 Å². The molecular formula is C11H18Cl2N2O2. The zero-order valence-electron chi connectivity index (χ0n) is 10.1. The number of carbonyl (C=O) groups is 1. The monoisotopic (exact) mass is 280 g/mol. The van der Waals surface area contributed by atoms with Crippen LogP contribution in [0.15, 0.2) is 24.5 Å². The summed E-state index contributed by atoms with van der Waals surface area (Å²) >= 11 is 0. The van der Waals surface area contributed by atoms with Crippen LogP contribution in [0.2, 0.25) is 0 Å². The van der Waals surface area contributed by atoms with E-state index in [1.54, 1.807) is 18.5 Å². The standard InChI is InChI=1S/C11H16N2O2.2ClH/c1-11(2,3)15-10(14)8-13-9-5-4-6-12-7-9;;/h4-7,13H,8H2,1-3H3;2*1H. The van der Waals surface area contributed by atoms with Gasteiger partial charge in [-0.15, -0.1) is 24.8 Å². The fraction of sp³-hybridized carbons (Fsp3) is 0.455. The minimum Gasteiger partial charge on any atom is -0.459 e. The molecule has 0 saturated heterocycles. The van der Waals surface area contributed by atoms with E-state index in [9.17, 15) is 4.79 Å². The molecule has 0 aliphatic heterocycles. The molecule has 1 heterocycles. The van der Waals surface area contributed by atoms with Crippen molar-refractivity contribution in [3.05, 3.63) is 24.5 Å². The maximum Gasteiger partial charge on any atom is 0.325 e. The number of nitrogens with zero attached hydrogens (tertiary/aromatic N) is 1. The van der Waals surface area contributed by atoms with Crippen molar-refractivity contribution in [2.45, 2.75) is 26.4 Å². The van der Waals surface area contributed by atoms with E-state index in [0.29, 0.717) is 0 Å². The van der Waals surface area contributed by atoms with Gasteiger partial charge in [-0.25, -0.2) is 0 Å². The molecule has 0 fully saturated rings. The summed E-state index contributed by atoms with van der Waals surface area (Å²) in [5, 5.41) is 2.93. The van der Waals surface area contributed by atoms with Crippen LogP contribution in [0.25, 0.3) is 0 Å². The van der Waals surface area contributed by atoms with Crippen molar-refractivity contribution in [1.82, 2.24) is 4.98 Å². The number of esters is 1. The van der Waals surface area contributed by atoms with Gasteiger partial charge in [0.25, 0.3) is 0 Å². The molecule has 0 bridgehead atoms. The van der Waals surface area contributed by atoms with Gasteiger partial charge in [-0.1, -0.05) is 0 Å². The lowest BCUT2D eigenvalue weighted by Crippen LogP contribution is -2.28. The maximum atomic E-state index is 11.3. The number of aromatic nitrogens is 1. The van der Waals surface area contributed by atoms with E-state index in [-0.39, 0.29) is 37.3 Å². The summed E-state index contributed by atoms with van der Waals surface area (Å²) < 4.78 is 5.14. The zero-order chi connectivity index (χ0) is 11.3. The first kappa shape index (κ1) is 18.4. The van der Waals surface area contributed by atoms with Crippen LogP contribution >= 0.6 is 24.8 Å². The molecule has 0 saturated carbocycles. The van der Waals surface area contributed by atoms with Gasteiger partial charge in [-0.2, -0.15) is 0 Å². The zero-order valence-corrected chi connectivity index (χ0v) is 11.7. The van der Waals surface area contributed by atoms with E-state index < -0.39 is 5.60 Å². The number of ether oxygens (including phenoxy) is 1. The molecular weight excluding hydrogens is 263 g/mol. The lowest BCUT2D eigenvalue weighted by Gasteiger charge is -2.19. The van der Waals surface area contributed by atoms with Gasteiger partial charge in [-0.3, -0.25) is 9.78 Å².